The van der Waals surface area contributed by atoms with Gasteiger partial charge in [0.05, 0.1) is 17.1 Å². The number of benzene rings is 2. The van der Waals surface area contributed by atoms with E-state index in [9.17, 15) is 4.79 Å². The molecule has 0 radical (unpaired) electrons. The van der Waals surface area contributed by atoms with Gasteiger partial charge < -0.3 is 14.6 Å². The number of nitrogens with one attached hydrogen (secondary N) is 1. The van der Waals surface area contributed by atoms with E-state index < -0.39 is 0 Å². The number of anilines is 1. The number of aromatic nitrogens is 1. The van der Waals surface area contributed by atoms with E-state index in [0.717, 1.165) is 34.6 Å². The Morgan fingerprint density at radius 1 is 1.19 bits per heavy atom. The molecule has 1 saturated carbocycles. The topological polar surface area (TPSA) is 55.6 Å². The van der Waals surface area contributed by atoms with Crippen molar-refractivity contribution in [3.05, 3.63) is 57.7 Å². The fraction of sp³-hybridized carbons (Fsp3) is 0.200. The molecule has 2 aliphatic rings. The molecule has 136 valence electrons. The van der Waals surface area contributed by atoms with Gasteiger partial charge in [-0.15, -0.1) is 11.3 Å². The minimum absolute atomic E-state index is 0.0665. The number of carbonyl (C=O) groups excluding carboxylic acids is 1. The van der Waals surface area contributed by atoms with Gasteiger partial charge in [-0.05, 0) is 55.3 Å². The molecule has 2 aromatic carbocycles. The average molecular weight is 398 g/mol. The molecule has 0 atom stereocenters. The number of fused-ring (bicyclic) bond motifs is 1. The predicted octanol–water partition coefficient (Wildman–Crippen LogP) is 4.77. The first-order valence-electron chi connectivity index (χ1n) is 8.75. The molecular formula is C20H16ClN3O2S. The van der Waals surface area contributed by atoms with E-state index in [1.807, 2.05) is 42.5 Å². The van der Waals surface area contributed by atoms with Crippen LogP contribution in [0, 0.1) is 0 Å². The number of ether oxygens (including phenoxy) is 1. The first kappa shape index (κ1) is 16.6. The molecule has 3 aromatic rings. The highest BCUT2D eigenvalue weighted by Crippen LogP contribution is 2.40. The van der Waals surface area contributed by atoms with Gasteiger partial charge >= 0.3 is 0 Å². The van der Waals surface area contributed by atoms with Gasteiger partial charge in [0.15, 0.2) is 11.4 Å². The predicted molar refractivity (Wildman–Crippen MR) is 107 cm³/mol. The van der Waals surface area contributed by atoms with E-state index in [0.29, 0.717) is 22.5 Å². The molecule has 7 heteroatoms. The average Bonchev–Trinajstić information content (AvgIpc) is 3.43. The first-order chi connectivity index (χ1) is 13.2. The Balaban J connectivity index is 1.60. The Kier molecular flexibility index (Phi) is 4.02. The van der Waals surface area contributed by atoms with Crippen molar-refractivity contribution >= 4 is 40.2 Å². The molecule has 2 heterocycles. The fourth-order valence-corrected chi connectivity index (χ4v) is 4.28. The summed E-state index contributed by atoms with van der Waals surface area (Å²) in [5.74, 6) is 0.580. The van der Waals surface area contributed by atoms with Crippen LogP contribution < -0.4 is 14.9 Å². The molecule has 1 aromatic heterocycles. The van der Waals surface area contributed by atoms with Gasteiger partial charge in [0.1, 0.15) is 5.75 Å². The molecule has 5 rings (SSSR count). The Bertz CT molecular complexity index is 1100. The maximum atomic E-state index is 11.6. The highest BCUT2D eigenvalue weighted by molar-refractivity contribution is 7.07. The third-order valence-electron chi connectivity index (χ3n) is 4.61. The molecular weight excluding hydrogens is 382 g/mol. The van der Waals surface area contributed by atoms with Gasteiger partial charge in [-0.2, -0.15) is 0 Å². The van der Waals surface area contributed by atoms with Gasteiger partial charge in [-0.1, -0.05) is 11.6 Å². The molecule has 1 aliphatic heterocycles. The number of hydrogen-bond acceptors (Lipinski definition) is 4. The standard InChI is InChI=1S/C20H16ClN3O2S/c21-13-2-4-14(5-3-13)22-20-24(15-6-7-15)17(11-27-20)12-1-8-18-16(9-12)23-19(25)10-26-18/h1-5,8-9,11,15H,6-7,10H2,(H,23,25). The highest BCUT2D eigenvalue weighted by atomic mass is 35.5. The van der Waals surface area contributed by atoms with Crippen LogP contribution in [-0.2, 0) is 4.79 Å². The summed E-state index contributed by atoms with van der Waals surface area (Å²) >= 11 is 7.60. The zero-order chi connectivity index (χ0) is 18.4. The van der Waals surface area contributed by atoms with Crippen molar-refractivity contribution in [1.29, 1.82) is 0 Å². The van der Waals surface area contributed by atoms with Crippen LogP contribution in [0.1, 0.15) is 18.9 Å². The Hall–Kier alpha value is -2.57. The molecule has 0 spiro atoms. The van der Waals surface area contributed by atoms with Crippen LogP contribution in [0.5, 0.6) is 5.75 Å². The van der Waals surface area contributed by atoms with E-state index in [1.165, 1.54) is 0 Å². The Morgan fingerprint density at radius 2 is 2.00 bits per heavy atom. The number of carbonyl (C=O) groups is 1. The zero-order valence-corrected chi connectivity index (χ0v) is 15.9. The van der Waals surface area contributed by atoms with Crippen molar-refractivity contribution in [3.8, 4) is 17.0 Å². The second-order valence-electron chi connectivity index (χ2n) is 6.64. The summed E-state index contributed by atoms with van der Waals surface area (Å²) in [7, 11) is 0. The van der Waals surface area contributed by atoms with Crippen LogP contribution in [-0.4, -0.2) is 17.1 Å². The lowest BCUT2D eigenvalue weighted by atomic mass is 10.1. The van der Waals surface area contributed by atoms with Crippen LogP contribution >= 0.6 is 22.9 Å². The van der Waals surface area contributed by atoms with Gasteiger partial charge in [0.2, 0.25) is 0 Å². The minimum Gasteiger partial charge on any atom is -0.482 e. The monoisotopic (exact) mass is 397 g/mol. The summed E-state index contributed by atoms with van der Waals surface area (Å²) in [6.45, 7) is 0.0665. The molecule has 1 fully saturated rings. The summed E-state index contributed by atoms with van der Waals surface area (Å²) in [6, 6.07) is 13.9. The van der Waals surface area contributed by atoms with Crippen LogP contribution in [0.3, 0.4) is 0 Å². The van der Waals surface area contributed by atoms with Gasteiger partial charge in [0.25, 0.3) is 5.91 Å². The van der Waals surface area contributed by atoms with Crippen LogP contribution in [0.25, 0.3) is 11.3 Å². The summed E-state index contributed by atoms with van der Waals surface area (Å²) in [5.41, 5.74) is 3.75. The summed E-state index contributed by atoms with van der Waals surface area (Å²) in [5, 5.41) is 5.71. The molecule has 27 heavy (non-hydrogen) atoms. The molecule has 0 unspecified atom stereocenters. The summed E-state index contributed by atoms with van der Waals surface area (Å²) in [6.07, 6.45) is 2.31. The SMILES string of the molecule is O=C1COc2ccc(-c3csc(=Nc4ccc(Cl)cc4)n3C3CC3)cc2N1. The van der Waals surface area contributed by atoms with Crippen molar-refractivity contribution in [2.24, 2.45) is 4.99 Å². The van der Waals surface area contributed by atoms with Crippen LogP contribution in [0.2, 0.25) is 5.02 Å². The number of hydrogen-bond donors (Lipinski definition) is 1. The number of rotatable bonds is 3. The normalized spacial score (nSPS) is 16.6. The van der Waals surface area contributed by atoms with Crippen molar-refractivity contribution in [2.75, 3.05) is 11.9 Å². The van der Waals surface area contributed by atoms with Gasteiger partial charge in [0, 0.05) is 22.0 Å². The van der Waals surface area contributed by atoms with E-state index in [4.69, 9.17) is 21.3 Å². The third kappa shape index (κ3) is 3.26. The Morgan fingerprint density at radius 3 is 2.78 bits per heavy atom. The van der Waals surface area contributed by atoms with Crippen LogP contribution in [0.4, 0.5) is 11.4 Å². The molecule has 0 bridgehead atoms. The Labute approximate surface area is 164 Å². The second kappa shape index (κ2) is 6.55. The number of amides is 1. The van der Waals surface area contributed by atoms with Crippen molar-refractivity contribution < 1.29 is 9.53 Å². The van der Waals surface area contributed by atoms with Crippen molar-refractivity contribution in [3.63, 3.8) is 0 Å². The molecule has 1 aliphatic carbocycles. The number of nitrogens with zero attached hydrogens (tertiary/aromatic N) is 2. The molecule has 1 N–H and O–H groups in total. The minimum atomic E-state index is -0.126. The van der Waals surface area contributed by atoms with Crippen molar-refractivity contribution in [1.82, 2.24) is 4.57 Å². The van der Waals surface area contributed by atoms with E-state index in [-0.39, 0.29) is 12.5 Å². The largest absolute Gasteiger partial charge is 0.482 e. The number of halogens is 1. The maximum Gasteiger partial charge on any atom is 0.262 e. The first-order valence-corrected chi connectivity index (χ1v) is 10.0. The van der Waals surface area contributed by atoms with E-state index in [1.54, 1.807) is 11.3 Å². The number of thiazole rings is 1. The van der Waals surface area contributed by atoms with Crippen molar-refractivity contribution in [2.45, 2.75) is 18.9 Å². The summed E-state index contributed by atoms with van der Waals surface area (Å²) in [4.78, 5) is 17.4. The van der Waals surface area contributed by atoms with Crippen LogP contribution in [0.15, 0.2) is 52.8 Å². The molecule has 1 amide bonds. The maximum absolute atomic E-state index is 11.6. The summed E-state index contributed by atoms with van der Waals surface area (Å²) < 4.78 is 7.76. The molecule has 0 saturated heterocycles. The smallest absolute Gasteiger partial charge is 0.262 e. The quantitative estimate of drug-likeness (QED) is 0.692. The third-order valence-corrected chi connectivity index (χ3v) is 5.71. The lowest BCUT2D eigenvalue weighted by Gasteiger charge is -2.19. The highest BCUT2D eigenvalue weighted by Gasteiger charge is 2.28. The molecule has 5 nitrogen and oxygen atoms in total. The zero-order valence-electron chi connectivity index (χ0n) is 14.3. The van der Waals surface area contributed by atoms with E-state index >= 15 is 0 Å². The second-order valence-corrected chi connectivity index (χ2v) is 7.91. The van der Waals surface area contributed by atoms with Gasteiger partial charge in [-0.3, -0.25) is 4.79 Å². The van der Waals surface area contributed by atoms with E-state index in [2.05, 4.69) is 15.3 Å². The lowest BCUT2D eigenvalue weighted by Crippen LogP contribution is -2.25. The lowest BCUT2D eigenvalue weighted by molar-refractivity contribution is -0.118. The fourth-order valence-electron chi connectivity index (χ4n) is 3.17. The van der Waals surface area contributed by atoms with Gasteiger partial charge in [-0.25, -0.2) is 4.99 Å².